The minimum atomic E-state index is -1.36. The molecule has 0 atom stereocenters. The largest absolute Gasteiger partial charge is 0.477 e. The first-order valence-corrected chi connectivity index (χ1v) is 10.6. The Balaban J connectivity index is 1.87. The lowest BCUT2D eigenvalue weighted by molar-refractivity contribution is 0.0704. The number of benzene rings is 2. The Kier molecular flexibility index (Phi) is 5.81. The number of carboxylic acid groups (broad SMARTS) is 1. The van der Waals surface area contributed by atoms with E-state index in [0.717, 1.165) is 29.5 Å². The van der Waals surface area contributed by atoms with E-state index in [1.54, 1.807) is 6.92 Å². The lowest BCUT2D eigenvalue weighted by Crippen LogP contribution is -2.34. The maximum atomic E-state index is 14.8. The average molecular weight is 475 g/mol. The lowest BCUT2D eigenvalue weighted by Gasteiger charge is -2.24. The molecule has 0 aliphatic rings. The van der Waals surface area contributed by atoms with Crippen molar-refractivity contribution in [1.29, 1.82) is 0 Å². The number of anilines is 1. The summed E-state index contributed by atoms with van der Waals surface area (Å²) in [4.78, 5) is 40.7. The Hall–Kier alpha value is -3.86. The van der Waals surface area contributed by atoms with Crippen LogP contribution in [0.3, 0.4) is 0 Å². The molecule has 0 saturated heterocycles. The number of nitrogens with zero attached hydrogens (tertiary/aromatic N) is 2. The van der Waals surface area contributed by atoms with Crippen molar-refractivity contribution in [3.63, 3.8) is 0 Å². The Morgan fingerprint density at radius 1 is 1.12 bits per heavy atom. The van der Waals surface area contributed by atoms with Crippen LogP contribution in [-0.4, -0.2) is 27.2 Å². The van der Waals surface area contributed by atoms with Gasteiger partial charge in [0, 0.05) is 29.7 Å². The summed E-state index contributed by atoms with van der Waals surface area (Å²) in [5, 5.41) is 10.4. The molecule has 0 radical (unpaired) electrons. The van der Waals surface area contributed by atoms with Crippen molar-refractivity contribution < 1.29 is 23.1 Å². The van der Waals surface area contributed by atoms with Gasteiger partial charge in [0.25, 0.3) is 5.56 Å². The number of aromatic amines is 1. The number of halogens is 3. The fraction of sp³-hybridized carbons (Fsp3) is 0.136. The first-order valence-electron chi connectivity index (χ1n) is 9.70. The second-order valence-electron chi connectivity index (χ2n) is 7.08. The Labute approximate surface area is 188 Å². The van der Waals surface area contributed by atoms with Gasteiger partial charge in [-0.25, -0.2) is 27.3 Å². The van der Waals surface area contributed by atoms with Crippen LogP contribution in [0.4, 0.5) is 18.9 Å². The highest BCUT2D eigenvalue weighted by Crippen LogP contribution is 2.25. The Morgan fingerprint density at radius 2 is 1.82 bits per heavy atom. The third-order valence-electron chi connectivity index (χ3n) is 5.18. The number of fused-ring (bicyclic) bond motifs is 1. The summed E-state index contributed by atoms with van der Waals surface area (Å²) in [6, 6.07) is 7.06. The SMILES string of the molecule is CCN(Cc1c(F)cccc1F)c1ccc(F)c(-n2c(=O)[nH]c3csc(C(=O)O)c3c2=O)c1. The fourth-order valence-corrected chi connectivity index (χ4v) is 4.37. The van der Waals surface area contributed by atoms with Crippen LogP contribution in [0, 0.1) is 17.5 Å². The van der Waals surface area contributed by atoms with Gasteiger partial charge in [0.1, 0.15) is 22.3 Å². The van der Waals surface area contributed by atoms with E-state index in [0.29, 0.717) is 10.3 Å². The smallest absolute Gasteiger partial charge is 0.346 e. The van der Waals surface area contributed by atoms with Crippen molar-refractivity contribution in [3.8, 4) is 5.69 Å². The van der Waals surface area contributed by atoms with Crippen LogP contribution in [0.2, 0.25) is 0 Å². The van der Waals surface area contributed by atoms with Gasteiger partial charge in [0.2, 0.25) is 0 Å². The number of rotatable bonds is 6. The molecule has 33 heavy (non-hydrogen) atoms. The lowest BCUT2D eigenvalue weighted by atomic mass is 10.1. The molecule has 7 nitrogen and oxygen atoms in total. The third-order valence-corrected chi connectivity index (χ3v) is 6.14. The number of hydrogen-bond donors (Lipinski definition) is 2. The summed E-state index contributed by atoms with van der Waals surface area (Å²) in [5.74, 6) is -3.75. The molecule has 2 aromatic carbocycles. The molecule has 0 spiro atoms. The molecule has 4 rings (SSSR count). The third kappa shape index (κ3) is 3.91. The van der Waals surface area contributed by atoms with Crippen molar-refractivity contribution >= 4 is 33.9 Å². The van der Waals surface area contributed by atoms with Gasteiger partial charge < -0.3 is 15.0 Å². The van der Waals surface area contributed by atoms with E-state index in [4.69, 9.17) is 0 Å². The van der Waals surface area contributed by atoms with Gasteiger partial charge in [-0.05, 0) is 37.3 Å². The minimum Gasteiger partial charge on any atom is -0.477 e. The molecule has 0 amide bonds. The van der Waals surface area contributed by atoms with Crippen LogP contribution in [0.1, 0.15) is 22.2 Å². The van der Waals surface area contributed by atoms with Gasteiger partial charge in [-0.1, -0.05) is 6.07 Å². The quantitative estimate of drug-likeness (QED) is 0.441. The van der Waals surface area contributed by atoms with E-state index in [2.05, 4.69) is 4.98 Å². The number of thiophene rings is 1. The minimum absolute atomic E-state index is 0.0328. The van der Waals surface area contributed by atoms with E-state index >= 15 is 0 Å². The summed E-state index contributed by atoms with van der Waals surface area (Å²) in [5.41, 5.74) is -2.23. The average Bonchev–Trinajstić information content (AvgIpc) is 3.19. The molecule has 170 valence electrons. The van der Waals surface area contributed by atoms with Crippen LogP contribution in [0.25, 0.3) is 16.6 Å². The zero-order chi connectivity index (χ0) is 23.9. The predicted octanol–water partition coefficient (Wildman–Crippen LogP) is 3.88. The summed E-state index contributed by atoms with van der Waals surface area (Å²) < 4.78 is 43.5. The molecule has 2 N–H and O–H groups in total. The summed E-state index contributed by atoms with van der Waals surface area (Å²) >= 11 is 0.761. The van der Waals surface area contributed by atoms with E-state index in [-0.39, 0.29) is 34.4 Å². The van der Waals surface area contributed by atoms with Gasteiger partial charge in [-0.2, -0.15) is 0 Å². The van der Waals surface area contributed by atoms with Crippen molar-refractivity contribution in [2.45, 2.75) is 13.5 Å². The summed E-state index contributed by atoms with van der Waals surface area (Å²) in [6.07, 6.45) is 0. The van der Waals surface area contributed by atoms with E-state index in [1.165, 1.54) is 28.5 Å². The van der Waals surface area contributed by atoms with Gasteiger partial charge in [0.05, 0.1) is 16.6 Å². The molecule has 0 fully saturated rings. The number of aromatic nitrogens is 2. The van der Waals surface area contributed by atoms with E-state index < -0.39 is 40.4 Å². The standard InChI is InChI=1S/C22H16F3N3O4S/c1-2-27(9-12-13(23)4-3-5-14(12)24)11-6-7-15(25)17(8-11)28-20(29)18-16(26-22(28)32)10-33-19(18)21(30)31/h3-8,10H,2,9H2,1H3,(H,26,32)(H,30,31). The first-order chi connectivity index (χ1) is 15.7. The van der Waals surface area contributed by atoms with Crippen molar-refractivity contribution in [2.75, 3.05) is 11.4 Å². The number of carbonyl (C=O) groups is 1. The Bertz CT molecular complexity index is 1490. The molecule has 0 bridgehead atoms. The molecule has 2 heterocycles. The molecule has 0 aliphatic carbocycles. The maximum Gasteiger partial charge on any atom is 0.346 e. The van der Waals surface area contributed by atoms with E-state index in [1.807, 2.05) is 0 Å². The van der Waals surface area contributed by atoms with Gasteiger partial charge in [0.15, 0.2) is 0 Å². The molecule has 2 aromatic heterocycles. The number of hydrogen-bond acceptors (Lipinski definition) is 5. The number of carboxylic acids is 1. The highest BCUT2D eigenvalue weighted by atomic mass is 32.1. The summed E-state index contributed by atoms with van der Waals surface area (Å²) in [7, 11) is 0. The molecule has 0 aliphatic heterocycles. The normalized spacial score (nSPS) is 11.2. The maximum absolute atomic E-state index is 14.8. The van der Waals surface area contributed by atoms with Crippen LogP contribution >= 0.6 is 11.3 Å². The Morgan fingerprint density at radius 3 is 2.45 bits per heavy atom. The monoisotopic (exact) mass is 475 g/mol. The van der Waals surface area contributed by atoms with Crippen LogP contribution < -0.4 is 16.1 Å². The topological polar surface area (TPSA) is 95.4 Å². The van der Waals surface area contributed by atoms with Gasteiger partial charge >= 0.3 is 11.7 Å². The van der Waals surface area contributed by atoms with Crippen molar-refractivity contribution in [2.24, 2.45) is 0 Å². The number of aromatic carboxylic acids is 1. The van der Waals surface area contributed by atoms with Gasteiger partial charge in [-0.3, -0.25) is 4.79 Å². The number of nitrogens with one attached hydrogen (secondary N) is 1. The van der Waals surface area contributed by atoms with Crippen molar-refractivity contribution in [1.82, 2.24) is 9.55 Å². The van der Waals surface area contributed by atoms with Crippen LogP contribution in [0.5, 0.6) is 0 Å². The van der Waals surface area contributed by atoms with Crippen LogP contribution in [-0.2, 0) is 6.54 Å². The highest BCUT2D eigenvalue weighted by molar-refractivity contribution is 7.13. The molecule has 0 saturated carbocycles. The summed E-state index contributed by atoms with van der Waals surface area (Å²) in [6.45, 7) is 1.81. The van der Waals surface area contributed by atoms with Gasteiger partial charge in [-0.15, -0.1) is 11.3 Å². The molecule has 4 aromatic rings. The fourth-order valence-electron chi connectivity index (χ4n) is 3.54. The highest BCUT2D eigenvalue weighted by Gasteiger charge is 2.21. The predicted molar refractivity (Wildman–Crippen MR) is 118 cm³/mol. The number of H-pyrrole nitrogens is 1. The molecule has 0 unspecified atom stereocenters. The second-order valence-corrected chi connectivity index (χ2v) is 7.96. The van der Waals surface area contributed by atoms with E-state index in [9.17, 15) is 32.7 Å². The zero-order valence-corrected chi connectivity index (χ0v) is 17.9. The van der Waals surface area contributed by atoms with Crippen LogP contribution in [0.15, 0.2) is 51.4 Å². The molecule has 11 heteroatoms. The zero-order valence-electron chi connectivity index (χ0n) is 17.1. The molecular weight excluding hydrogens is 459 g/mol. The first kappa shape index (κ1) is 22.3. The van der Waals surface area contributed by atoms with Crippen molar-refractivity contribution in [3.05, 3.63) is 90.5 Å². The molecular formula is C22H16F3N3O4S. The second kappa shape index (κ2) is 8.58.